The fourth-order valence-corrected chi connectivity index (χ4v) is 3.25. The number of nitrogens with zero attached hydrogens (tertiary/aromatic N) is 6. The van der Waals surface area contributed by atoms with Crippen LogP contribution in [0.4, 0.5) is 5.95 Å². The first-order chi connectivity index (χ1) is 11.3. The van der Waals surface area contributed by atoms with Gasteiger partial charge in [-0.1, -0.05) is 13.3 Å². The molecule has 0 N–H and O–H groups in total. The first-order valence-corrected chi connectivity index (χ1v) is 8.12. The molecule has 0 aromatic carbocycles. The van der Waals surface area contributed by atoms with Gasteiger partial charge in [-0.25, -0.2) is 14.6 Å². The molecular formula is C16H24N6O. The van der Waals surface area contributed by atoms with Gasteiger partial charge in [0.2, 0.25) is 11.8 Å². The summed E-state index contributed by atoms with van der Waals surface area (Å²) in [5.74, 6) is 0.284. The highest BCUT2D eigenvalue weighted by Crippen LogP contribution is 2.29. The van der Waals surface area contributed by atoms with Crippen molar-refractivity contribution in [2.24, 2.45) is 0 Å². The van der Waals surface area contributed by atoms with E-state index < -0.39 is 5.85 Å². The molecule has 1 atom stereocenters. The summed E-state index contributed by atoms with van der Waals surface area (Å²) in [5.41, 5.74) is 0. The standard InChI is InChI=1S/C16H24N6O/c1-3-6-16(23-2,22-10-5-9-19-22)21-13-11-20(12-14-21)15-17-7-4-8-18-15/h4-5,7-10H,3,6,11-14H2,1-2H3. The zero-order valence-corrected chi connectivity index (χ0v) is 13.8. The van der Waals surface area contributed by atoms with Crippen LogP contribution < -0.4 is 4.90 Å². The minimum Gasteiger partial charge on any atom is -0.344 e. The number of methoxy groups -OCH3 is 1. The van der Waals surface area contributed by atoms with Crippen molar-refractivity contribution in [3.05, 3.63) is 36.9 Å². The van der Waals surface area contributed by atoms with Gasteiger partial charge >= 0.3 is 0 Å². The van der Waals surface area contributed by atoms with Crippen molar-refractivity contribution >= 4 is 5.95 Å². The molecule has 0 aliphatic carbocycles. The lowest BCUT2D eigenvalue weighted by atomic mass is 10.1. The Morgan fingerprint density at radius 1 is 1.09 bits per heavy atom. The van der Waals surface area contributed by atoms with Gasteiger partial charge in [0.15, 0.2) is 0 Å². The molecular weight excluding hydrogens is 292 g/mol. The molecule has 2 aromatic rings. The summed E-state index contributed by atoms with van der Waals surface area (Å²) in [4.78, 5) is 13.3. The number of hydrogen-bond donors (Lipinski definition) is 0. The van der Waals surface area contributed by atoms with Gasteiger partial charge in [-0.2, -0.15) is 5.10 Å². The first-order valence-electron chi connectivity index (χ1n) is 8.12. The highest BCUT2D eigenvalue weighted by Gasteiger charge is 2.40. The van der Waals surface area contributed by atoms with E-state index in [9.17, 15) is 0 Å². The molecule has 2 aromatic heterocycles. The van der Waals surface area contributed by atoms with Crippen molar-refractivity contribution in [3.63, 3.8) is 0 Å². The topological polar surface area (TPSA) is 59.3 Å². The third kappa shape index (κ3) is 3.07. The summed E-state index contributed by atoms with van der Waals surface area (Å²) < 4.78 is 7.92. The SMILES string of the molecule is CCCC(OC)(N1CCN(c2ncccn2)CC1)n1cccn1. The van der Waals surface area contributed by atoms with Gasteiger partial charge in [-0.3, -0.25) is 4.90 Å². The van der Waals surface area contributed by atoms with Crippen LogP contribution in [-0.2, 0) is 10.6 Å². The van der Waals surface area contributed by atoms with Crippen molar-refractivity contribution in [1.82, 2.24) is 24.6 Å². The maximum absolute atomic E-state index is 5.98. The van der Waals surface area contributed by atoms with E-state index in [-0.39, 0.29) is 0 Å². The summed E-state index contributed by atoms with van der Waals surface area (Å²) >= 11 is 0. The van der Waals surface area contributed by atoms with Crippen LogP contribution in [0.3, 0.4) is 0 Å². The Bertz CT molecular complexity index is 582. The number of hydrogen-bond acceptors (Lipinski definition) is 6. The van der Waals surface area contributed by atoms with Gasteiger partial charge in [0, 0.05) is 64.5 Å². The van der Waals surface area contributed by atoms with Gasteiger partial charge in [-0.05, 0) is 12.1 Å². The summed E-state index contributed by atoms with van der Waals surface area (Å²) in [6.45, 7) is 5.68. The molecule has 23 heavy (non-hydrogen) atoms. The van der Waals surface area contributed by atoms with Crippen LogP contribution in [-0.4, -0.2) is 57.9 Å². The highest BCUT2D eigenvalue weighted by atomic mass is 16.5. The molecule has 1 fully saturated rings. The molecule has 3 heterocycles. The number of ether oxygens (including phenoxy) is 1. The van der Waals surface area contributed by atoms with Crippen molar-refractivity contribution in [1.29, 1.82) is 0 Å². The van der Waals surface area contributed by atoms with Crippen LogP contribution in [0, 0.1) is 0 Å². The molecule has 7 nitrogen and oxygen atoms in total. The first kappa shape index (κ1) is 15.9. The quantitative estimate of drug-likeness (QED) is 0.806. The molecule has 1 unspecified atom stereocenters. The van der Waals surface area contributed by atoms with Crippen molar-refractivity contribution in [2.45, 2.75) is 25.6 Å². The second-order valence-electron chi connectivity index (χ2n) is 5.67. The molecule has 0 bridgehead atoms. The average molecular weight is 316 g/mol. The third-order valence-electron chi connectivity index (χ3n) is 4.37. The van der Waals surface area contributed by atoms with Crippen LogP contribution >= 0.6 is 0 Å². The molecule has 0 saturated carbocycles. The summed E-state index contributed by atoms with van der Waals surface area (Å²) in [5, 5.41) is 4.44. The van der Waals surface area contributed by atoms with E-state index >= 15 is 0 Å². The number of anilines is 1. The van der Waals surface area contributed by atoms with Crippen molar-refractivity contribution in [3.8, 4) is 0 Å². The van der Waals surface area contributed by atoms with Crippen LogP contribution in [0.1, 0.15) is 19.8 Å². The predicted octanol–water partition coefficient (Wildman–Crippen LogP) is 1.55. The lowest BCUT2D eigenvalue weighted by Crippen LogP contribution is -2.59. The Kier molecular flexibility index (Phi) is 4.88. The predicted molar refractivity (Wildman–Crippen MR) is 87.9 cm³/mol. The lowest BCUT2D eigenvalue weighted by Gasteiger charge is -2.46. The second kappa shape index (κ2) is 7.06. The van der Waals surface area contributed by atoms with Gasteiger partial charge in [0.05, 0.1) is 0 Å². The molecule has 1 aliphatic heterocycles. The molecule has 1 aliphatic rings. The molecule has 3 rings (SSSR count). The van der Waals surface area contributed by atoms with E-state index in [1.165, 1.54) is 0 Å². The van der Waals surface area contributed by atoms with E-state index in [0.29, 0.717) is 0 Å². The Labute approximate surface area is 136 Å². The Hall–Kier alpha value is -1.99. The zero-order chi connectivity index (χ0) is 16.1. The zero-order valence-electron chi connectivity index (χ0n) is 13.8. The number of aromatic nitrogens is 4. The second-order valence-corrected chi connectivity index (χ2v) is 5.67. The minimum atomic E-state index is -0.512. The molecule has 0 spiro atoms. The fraction of sp³-hybridized carbons (Fsp3) is 0.562. The monoisotopic (exact) mass is 316 g/mol. The Balaban J connectivity index is 1.76. The largest absolute Gasteiger partial charge is 0.344 e. The van der Waals surface area contributed by atoms with E-state index in [4.69, 9.17) is 4.74 Å². The Morgan fingerprint density at radius 2 is 1.83 bits per heavy atom. The molecule has 0 radical (unpaired) electrons. The molecule has 7 heteroatoms. The lowest BCUT2D eigenvalue weighted by molar-refractivity contribution is -0.212. The van der Waals surface area contributed by atoms with Gasteiger partial charge in [-0.15, -0.1) is 0 Å². The maximum Gasteiger partial charge on any atom is 0.225 e. The van der Waals surface area contributed by atoms with Crippen molar-refractivity contribution < 1.29 is 4.74 Å². The van der Waals surface area contributed by atoms with Crippen LogP contribution in [0.5, 0.6) is 0 Å². The Morgan fingerprint density at radius 3 is 2.39 bits per heavy atom. The average Bonchev–Trinajstić information content (AvgIpc) is 3.16. The van der Waals surface area contributed by atoms with E-state index in [2.05, 4.69) is 31.8 Å². The number of rotatable bonds is 6. The van der Waals surface area contributed by atoms with Crippen LogP contribution in [0.25, 0.3) is 0 Å². The summed E-state index contributed by atoms with van der Waals surface area (Å²) in [7, 11) is 1.77. The normalized spacial score (nSPS) is 18.8. The van der Waals surface area contributed by atoms with E-state index in [1.807, 2.05) is 23.0 Å². The van der Waals surface area contributed by atoms with E-state index in [1.54, 1.807) is 25.7 Å². The fourth-order valence-electron chi connectivity index (χ4n) is 3.25. The van der Waals surface area contributed by atoms with Crippen LogP contribution in [0.2, 0.25) is 0 Å². The van der Waals surface area contributed by atoms with Crippen molar-refractivity contribution in [2.75, 3.05) is 38.2 Å². The van der Waals surface area contributed by atoms with E-state index in [0.717, 1.165) is 45.0 Å². The minimum absolute atomic E-state index is 0.512. The highest BCUT2D eigenvalue weighted by molar-refractivity contribution is 5.29. The maximum atomic E-state index is 5.98. The summed E-state index contributed by atoms with van der Waals surface area (Å²) in [6.07, 6.45) is 9.27. The molecule has 1 saturated heterocycles. The van der Waals surface area contributed by atoms with Gasteiger partial charge in [0.1, 0.15) is 0 Å². The molecule has 124 valence electrons. The number of piperazine rings is 1. The molecule has 0 amide bonds. The van der Waals surface area contributed by atoms with Gasteiger partial charge < -0.3 is 9.64 Å². The van der Waals surface area contributed by atoms with Crippen LogP contribution in [0.15, 0.2) is 36.9 Å². The van der Waals surface area contributed by atoms with Gasteiger partial charge in [0.25, 0.3) is 0 Å². The summed E-state index contributed by atoms with van der Waals surface area (Å²) in [6, 6.07) is 3.78. The smallest absolute Gasteiger partial charge is 0.225 e. The third-order valence-corrected chi connectivity index (χ3v) is 4.37.